The summed E-state index contributed by atoms with van der Waals surface area (Å²) in [6.45, 7) is 0. The van der Waals surface area contributed by atoms with E-state index in [1.165, 1.54) is 0 Å². The van der Waals surface area contributed by atoms with Gasteiger partial charge in [-0.25, -0.2) is 0 Å². The molecule has 3 radical (unpaired) electrons. The first-order valence-electron chi connectivity index (χ1n) is 4.99. The maximum atomic E-state index is 10.2. The lowest BCUT2D eigenvalue weighted by molar-refractivity contribution is 0.415. The molecule has 0 spiro atoms. The Bertz CT molecular complexity index is 462. The smallest absolute Gasteiger partial charge is 0.119 e. The lowest BCUT2D eigenvalue weighted by atomic mass is 10.3. The summed E-state index contributed by atoms with van der Waals surface area (Å²) < 4.78 is 5.14. The third-order valence-electron chi connectivity index (χ3n) is 2.30. The largest absolute Gasteiger partial charge is 0.497 e. The van der Waals surface area contributed by atoms with Gasteiger partial charge in [0.25, 0.3) is 0 Å². The van der Waals surface area contributed by atoms with Gasteiger partial charge in [0.05, 0.1) is 15.3 Å². The van der Waals surface area contributed by atoms with E-state index in [0.29, 0.717) is 0 Å². The van der Waals surface area contributed by atoms with Gasteiger partial charge in [-0.05, 0) is 12.1 Å². The van der Waals surface area contributed by atoms with Crippen LogP contribution < -0.4 is 15.3 Å². The Morgan fingerprint density at radius 2 is 1.59 bits per heavy atom. The van der Waals surface area contributed by atoms with Gasteiger partial charge in [-0.15, -0.1) is 0 Å². The molecule has 1 atom stereocenters. The molecular weight excluding hydrogens is 230 g/mol. The number of ether oxygens (including phenoxy) is 1. The summed E-state index contributed by atoms with van der Waals surface area (Å²) in [6.07, 6.45) is 0. The quantitative estimate of drug-likeness (QED) is 0.656. The van der Waals surface area contributed by atoms with Gasteiger partial charge >= 0.3 is 0 Å². The van der Waals surface area contributed by atoms with Crippen LogP contribution in [0.4, 0.5) is 0 Å². The van der Waals surface area contributed by atoms with Crippen molar-refractivity contribution in [2.24, 2.45) is 0 Å². The Balaban J connectivity index is 0.00000144. The second-order valence-electron chi connectivity index (χ2n) is 3.35. The molecule has 0 saturated heterocycles. The van der Waals surface area contributed by atoms with Gasteiger partial charge < -0.3 is 9.63 Å². The van der Waals surface area contributed by atoms with E-state index < -0.39 is 8.15 Å². The van der Waals surface area contributed by atoms with E-state index in [0.717, 1.165) is 16.4 Å². The Labute approximate surface area is 105 Å². The number of methoxy groups -OCH3 is 1. The zero-order chi connectivity index (χ0) is 11.4. The molecule has 1 unspecified atom stereocenters. The maximum absolute atomic E-state index is 10.2. The number of hydrogen-bond donors (Lipinski definition) is 1. The minimum absolute atomic E-state index is 0. The van der Waals surface area contributed by atoms with Crippen LogP contribution in [0.3, 0.4) is 0 Å². The van der Waals surface area contributed by atoms with Crippen LogP contribution in [-0.2, 0) is 0 Å². The molecule has 0 fully saturated rings. The fraction of sp³-hybridized carbons (Fsp3) is 0.0769. The normalized spacial score (nSPS) is 11.4. The third kappa shape index (κ3) is 3.32. The van der Waals surface area contributed by atoms with Gasteiger partial charge in [0.2, 0.25) is 0 Å². The number of rotatable bonds is 3. The van der Waals surface area contributed by atoms with E-state index in [9.17, 15) is 4.89 Å². The third-order valence-corrected chi connectivity index (χ3v) is 3.85. The van der Waals surface area contributed by atoms with E-state index in [-0.39, 0.29) is 8.41 Å². The van der Waals surface area contributed by atoms with Crippen molar-refractivity contribution in [2.45, 2.75) is 0 Å². The first kappa shape index (κ1) is 13.8. The monoisotopic (exact) mass is 243 g/mol. The van der Waals surface area contributed by atoms with E-state index >= 15 is 0 Å². The molecule has 4 heteroatoms. The SMILES string of the molecule is COc1cccc(P(O)c2ccccc2)c1.[B]. The van der Waals surface area contributed by atoms with E-state index in [1.807, 2.05) is 54.6 Å². The molecule has 2 aromatic carbocycles. The summed E-state index contributed by atoms with van der Waals surface area (Å²) in [5.41, 5.74) is 0. The second kappa shape index (κ2) is 6.44. The highest BCUT2D eigenvalue weighted by molar-refractivity contribution is 7.67. The molecule has 0 saturated carbocycles. The standard InChI is InChI=1S/C13H13O2P.B/c1-15-11-6-5-9-13(10-11)16(14)12-7-3-2-4-8-12;/h2-10,14H,1H3;. The van der Waals surface area contributed by atoms with Crippen molar-refractivity contribution in [1.29, 1.82) is 0 Å². The highest BCUT2D eigenvalue weighted by Gasteiger charge is 2.10. The molecule has 2 nitrogen and oxygen atoms in total. The molecular formula is C13H13BO2P. The van der Waals surface area contributed by atoms with Crippen molar-refractivity contribution in [2.75, 3.05) is 7.11 Å². The predicted octanol–water partition coefficient (Wildman–Crippen LogP) is 1.65. The van der Waals surface area contributed by atoms with Crippen LogP contribution in [0.15, 0.2) is 54.6 Å². The van der Waals surface area contributed by atoms with Gasteiger partial charge in [-0.3, -0.25) is 0 Å². The second-order valence-corrected chi connectivity index (χ2v) is 5.01. The van der Waals surface area contributed by atoms with Crippen molar-refractivity contribution in [1.82, 2.24) is 0 Å². The average Bonchev–Trinajstić information content (AvgIpc) is 2.39. The predicted molar refractivity (Wildman–Crippen MR) is 73.6 cm³/mol. The average molecular weight is 243 g/mol. The van der Waals surface area contributed by atoms with Crippen LogP contribution in [0.1, 0.15) is 0 Å². The lowest BCUT2D eigenvalue weighted by Crippen LogP contribution is -2.10. The van der Waals surface area contributed by atoms with Crippen LogP contribution in [0, 0.1) is 0 Å². The molecule has 0 heterocycles. The van der Waals surface area contributed by atoms with Gasteiger partial charge in [0, 0.05) is 19.0 Å². The van der Waals surface area contributed by atoms with Gasteiger partial charge in [-0.2, -0.15) is 0 Å². The van der Waals surface area contributed by atoms with Crippen LogP contribution in [-0.4, -0.2) is 20.4 Å². The van der Waals surface area contributed by atoms with E-state index in [1.54, 1.807) is 7.11 Å². The van der Waals surface area contributed by atoms with Crippen LogP contribution in [0.25, 0.3) is 0 Å². The van der Waals surface area contributed by atoms with Crippen LogP contribution in [0.5, 0.6) is 5.75 Å². The summed E-state index contributed by atoms with van der Waals surface area (Å²) in [5, 5.41) is 1.85. The summed E-state index contributed by atoms with van der Waals surface area (Å²) in [4.78, 5) is 10.2. The van der Waals surface area contributed by atoms with Gasteiger partial charge in [0.1, 0.15) is 5.75 Å². The summed E-state index contributed by atoms with van der Waals surface area (Å²) >= 11 is 0. The molecule has 2 aromatic rings. The number of benzene rings is 2. The summed E-state index contributed by atoms with van der Waals surface area (Å²) in [6, 6.07) is 17.2. The van der Waals surface area contributed by atoms with Crippen molar-refractivity contribution < 1.29 is 9.63 Å². The molecule has 0 aliphatic heterocycles. The topological polar surface area (TPSA) is 29.5 Å². The van der Waals surface area contributed by atoms with Crippen molar-refractivity contribution in [3.05, 3.63) is 54.6 Å². The highest BCUT2D eigenvalue weighted by atomic mass is 31.1. The van der Waals surface area contributed by atoms with Crippen LogP contribution >= 0.6 is 8.15 Å². The minimum Gasteiger partial charge on any atom is -0.497 e. The molecule has 0 aliphatic rings. The molecule has 0 amide bonds. The number of hydrogen-bond acceptors (Lipinski definition) is 2. The Hall–Kier alpha value is -1.31. The van der Waals surface area contributed by atoms with Gasteiger partial charge in [0.15, 0.2) is 0 Å². The lowest BCUT2D eigenvalue weighted by Gasteiger charge is -2.11. The van der Waals surface area contributed by atoms with Crippen molar-refractivity contribution in [3.63, 3.8) is 0 Å². The van der Waals surface area contributed by atoms with Crippen LogP contribution in [0.2, 0.25) is 0 Å². The highest BCUT2D eigenvalue weighted by Crippen LogP contribution is 2.28. The Morgan fingerprint density at radius 1 is 0.941 bits per heavy atom. The van der Waals surface area contributed by atoms with E-state index in [4.69, 9.17) is 4.74 Å². The van der Waals surface area contributed by atoms with E-state index in [2.05, 4.69) is 0 Å². The maximum Gasteiger partial charge on any atom is 0.119 e. The van der Waals surface area contributed by atoms with Gasteiger partial charge in [-0.1, -0.05) is 42.5 Å². The fourth-order valence-corrected chi connectivity index (χ4v) is 2.69. The molecule has 17 heavy (non-hydrogen) atoms. The zero-order valence-electron chi connectivity index (χ0n) is 9.58. The fourth-order valence-electron chi connectivity index (χ4n) is 1.46. The summed E-state index contributed by atoms with van der Waals surface area (Å²) in [7, 11) is 0.354. The van der Waals surface area contributed by atoms with Crippen molar-refractivity contribution in [3.8, 4) is 5.75 Å². The Morgan fingerprint density at radius 3 is 2.24 bits per heavy atom. The first-order chi connectivity index (χ1) is 7.81. The summed E-state index contributed by atoms with van der Waals surface area (Å²) in [5.74, 6) is 0.773. The molecule has 1 N–H and O–H groups in total. The zero-order valence-corrected chi connectivity index (χ0v) is 10.5. The van der Waals surface area contributed by atoms with Crippen molar-refractivity contribution >= 4 is 27.2 Å². The molecule has 0 aromatic heterocycles. The molecule has 2 rings (SSSR count). The Kier molecular flexibility index (Phi) is 5.21. The minimum atomic E-state index is -1.27. The molecule has 85 valence electrons. The molecule has 0 aliphatic carbocycles. The molecule has 0 bridgehead atoms. The first-order valence-corrected chi connectivity index (χ1v) is 6.29.